The van der Waals surface area contributed by atoms with Crippen molar-refractivity contribution in [2.24, 2.45) is 34.3 Å². The molecule has 0 saturated heterocycles. The van der Waals surface area contributed by atoms with Crippen molar-refractivity contribution >= 4 is 11.9 Å². The zero-order valence-electron chi connectivity index (χ0n) is 22.0. The van der Waals surface area contributed by atoms with Crippen LogP contribution in [0, 0.1) is 28.6 Å². The SMILES string of the molecule is C[C@]12CC[C@H]3[C@@H](CC[C@]4(O)C[C@@H](O)CC[C@]34C(=O)O)[C@@]1(O)CC[C@@H]2C1=CC(=O)OC1.NCc1ccncc1. The number of hydrogen-bond donors (Lipinski definition) is 5. The first kappa shape index (κ1) is 27.2. The fourth-order valence-corrected chi connectivity index (χ4v) is 9.01. The van der Waals surface area contributed by atoms with Crippen molar-refractivity contribution in [1.82, 2.24) is 4.98 Å². The smallest absolute Gasteiger partial charge is 0.331 e. The van der Waals surface area contributed by atoms with Crippen LogP contribution in [0.3, 0.4) is 0 Å². The molecule has 6 N–H and O–H groups in total. The second kappa shape index (κ2) is 9.70. The van der Waals surface area contributed by atoms with Gasteiger partial charge in [0.15, 0.2) is 0 Å². The second-order valence-corrected chi connectivity index (χ2v) is 12.3. The Balaban J connectivity index is 0.000000316. The summed E-state index contributed by atoms with van der Waals surface area (Å²) in [5, 5.41) is 44.1. The van der Waals surface area contributed by atoms with Gasteiger partial charge in [-0.25, -0.2) is 4.79 Å². The van der Waals surface area contributed by atoms with Gasteiger partial charge in [-0.15, -0.1) is 0 Å². The Morgan fingerprint density at radius 2 is 1.79 bits per heavy atom. The minimum Gasteiger partial charge on any atom is -0.481 e. The van der Waals surface area contributed by atoms with Crippen LogP contribution in [0.1, 0.15) is 70.3 Å². The molecule has 4 fully saturated rings. The first-order chi connectivity index (χ1) is 18.0. The molecule has 8 atom stereocenters. The van der Waals surface area contributed by atoms with Crippen molar-refractivity contribution < 1.29 is 34.8 Å². The van der Waals surface area contributed by atoms with Crippen LogP contribution in [0.4, 0.5) is 0 Å². The third kappa shape index (κ3) is 3.93. The monoisotopic (exact) mass is 528 g/mol. The summed E-state index contributed by atoms with van der Waals surface area (Å²) in [6.07, 6.45) is 8.47. The minimum atomic E-state index is -1.44. The number of aromatic nitrogens is 1. The molecule has 38 heavy (non-hydrogen) atoms. The van der Waals surface area contributed by atoms with Crippen LogP contribution in [-0.4, -0.2) is 61.3 Å². The summed E-state index contributed by atoms with van der Waals surface area (Å²) in [6.45, 7) is 2.96. The van der Waals surface area contributed by atoms with E-state index >= 15 is 0 Å². The number of aliphatic hydroxyl groups excluding tert-OH is 1. The number of rotatable bonds is 3. The van der Waals surface area contributed by atoms with Crippen LogP contribution in [0.5, 0.6) is 0 Å². The molecular weight excluding hydrogens is 488 g/mol. The van der Waals surface area contributed by atoms with Crippen LogP contribution < -0.4 is 5.73 Å². The van der Waals surface area contributed by atoms with E-state index in [1.807, 2.05) is 12.1 Å². The molecule has 1 aliphatic heterocycles. The molecule has 4 aliphatic carbocycles. The summed E-state index contributed by atoms with van der Waals surface area (Å²) < 4.78 is 5.14. The predicted molar refractivity (Wildman–Crippen MR) is 137 cm³/mol. The van der Waals surface area contributed by atoms with Crippen molar-refractivity contribution in [1.29, 1.82) is 0 Å². The van der Waals surface area contributed by atoms with E-state index in [0.717, 1.165) is 17.6 Å². The number of nitrogens with two attached hydrogens (primary N) is 1. The van der Waals surface area contributed by atoms with Crippen molar-refractivity contribution in [2.45, 2.75) is 88.6 Å². The number of nitrogens with zero attached hydrogens (tertiary/aromatic N) is 1. The molecule has 9 nitrogen and oxygen atoms in total. The van der Waals surface area contributed by atoms with E-state index in [1.54, 1.807) is 18.5 Å². The zero-order valence-corrected chi connectivity index (χ0v) is 22.0. The van der Waals surface area contributed by atoms with Crippen LogP contribution >= 0.6 is 0 Å². The van der Waals surface area contributed by atoms with Gasteiger partial charge < -0.3 is 30.9 Å². The largest absolute Gasteiger partial charge is 0.481 e. The van der Waals surface area contributed by atoms with E-state index < -0.39 is 34.1 Å². The molecule has 0 unspecified atom stereocenters. The average Bonchev–Trinajstić information content (AvgIpc) is 3.43. The molecule has 9 heteroatoms. The number of carbonyl (C=O) groups is 2. The quantitative estimate of drug-likeness (QED) is 0.370. The number of hydrogen-bond acceptors (Lipinski definition) is 8. The number of carboxylic acids is 1. The fraction of sp³-hybridized carbons (Fsp3) is 0.690. The maximum Gasteiger partial charge on any atom is 0.331 e. The maximum atomic E-state index is 12.7. The highest BCUT2D eigenvalue weighted by atomic mass is 16.5. The van der Waals surface area contributed by atoms with Crippen LogP contribution in [0.15, 0.2) is 36.2 Å². The molecular formula is C29H40N2O7. The molecule has 0 radical (unpaired) electrons. The van der Waals surface area contributed by atoms with Gasteiger partial charge in [-0.05, 0) is 92.4 Å². The Morgan fingerprint density at radius 1 is 1.08 bits per heavy atom. The van der Waals surface area contributed by atoms with Crippen molar-refractivity contribution in [3.05, 3.63) is 41.7 Å². The number of carboxylic acid groups (broad SMARTS) is 1. The highest BCUT2D eigenvalue weighted by Crippen LogP contribution is 2.70. The van der Waals surface area contributed by atoms with Crippen LogP contribution in [0.25, 0.3) is 0 Å². The standard InChI is InChI=1S/C23H32O7.C6H8N2/c1-20-6-3-16-17(23(20,29)9-5-15(20)13-10-18(25)30-12-13)4-7-21(28)11-14(24)2-8-22(16,21)19(26)27;7-5-6-1-3-8-4-2-6/h10,14-17,24,28-29H,2-9,11-12H2,1H3,(H,26,27);1-4H,5,7H2/t14-,15+,16-,17+,20+,21-,22+,23-;/m0./s1. The summed E-state index contributed by atoms with van der Waals surface area (Å²) in [5.41, 5.74) is 3.15. The first-order valence-electron chi connectivity index (χ1n) is 13.8. The third-order valence-electron chi connectivity index (χ3n) is 10.9. The Kier molecular flexibility index (Phi) is 6.95. The topological polar surface area (TPSA) is 163 Å². The summed E-state index contributed by atoms with van der Waals surface area (Å²) in [6, 6.07) is 3.81. The molecule has 0 aromatic carbocycles. The van der Waals surface area contributed by atoms with Gasteiger partial charge in [0.05, 0.1) is 22.7 Å². The summed E-state index contributed by atoms with van der Waals surface area (Å²) >= 11 is 0. The number of carbonyl (C=O) groups excluding carboxylic acids is 1. The van der Waals surface area contributed by atoms with E-state index in [9.17, 15) is 30.0 Å². The Labute approximate surface area is 223 Å². The average molecular weight is 529 g/mol. The van der Waals surface area contributed by atoms with Gasteiger partial charge in [-0.3, -0.25) is 9.78 Å². The van der Waals surface area contributed by atoms with Gasteiger partial charge in [-0.2, -0.15) is 0 Å². The molecule has 5 aliphatic rings. The normalized spacial score (nSPS) is 43.5. The van der Waals surface area contributed by atoms with E-state index in [4.69, 9.17) is 10.5 Å². The Bertz CT molecular complexity index is 1110. The molecule has 0 spiro atoms. The lowest BCUT2D eigenvalue weighted by molar-refractivity contribution is -0.260. The lowest BCUT2D eigenvalue weighted by Gasteiger charge is -2.65. The van der Waals surface area contributed by atoms with Gasteiger partial charge in [0, 0.05) is 36.9 Å². The number of aliphatic carboxylic acids is 1. The van der Waals surface area contributed by atoms with E-state index in [0.29, 0.717) is 38.6 Å². The second-order valence-electron chi connectivity index (χ2n) is 12.3. The van der Waals surface area contributed by atoms with E-state index in [2.05, 4.69) is 11.9 Å². The number of pyridine rings is 1. The summed E-state index contributed by atoms with van der Waals surface area (Å²) in [7, 11) is 0. The lowest BCUT2D eigenvalue weighted by Crippen LogP contribution is -2.70. The number of esters is 1. The van der Waals surface area contributed by atoms with Gasteiger partial charge in [0.1, 0.15) is 6.61 Å². The molecule has 0 amide bonds. The van der Waals surface area contributed by atoms with Gasteiger partial charge >= 0.3 is 11.9 Å². The summed E-state index contributed by atoms with van der Waals surface area (Å²) in [5.74, 6) is -1.82. The molecule has 2 heterocycles. The van der Waals surface area contributed by atoms with Crippen molar-refractivity contribution in [3.63, 3.8) is 0 Å². The van der Waals surface area contributed by atoms with Crippen molar-refractivity contribution in [2.75, 3.05) is 6.61 Å². The van der Waals surface area contributed by atoms with Crippen LogP contribution in [-0.2, 0) is 20.9 Å². The van der Waals surface area contributed by atoms with Gasteiger partial charge in [-0.1, -0.05) is 6.92 Å². The van der Waals surface area contributed by atoms with Gasteiger partial charge in [0.2, 0.25) is 0 Å². The maximum absolute atomic E-state index is 12.7. The number of fused-ring (bicyclic) bond motifs is 5. The molecule has 1 aromatic rings. The molecule has 6 rings (SSSR count). The highest BCUT2D eigenvalue weighted by molar-refractivity contribution is 5.85. The minimum absolute atomic E-state index is 0.0460. The molecule has 4 saturated carbocycles. The van der Waals surface area contributed by atoms with Crippen LogP contribution in [0.2, 0.25) is 0 Å². The molecule has 1 aromatic heterocycles. The first-order valence-corrected chi connectivity index (χ1v) is 13.8. The Hall–Kier alpha value is -2.33. The number of ether oxygens (including phenoxy) is 1. The summed E-state index contributed by atoms with van der Waals surface area (Å²) in [4.78, 5) is 28.2. The van der Waals surface area contributed by atoms with Crippen molar-refractivity contribution in [3.8, 4) is 0 Å². The lowest BCUT2D eigenvalue weighted by atomic mass is 9.41. The molecule has 0 bridgehead atoms. The number of aliphatic hydroxyl groups is 3. The van der Waals surface area contributed by atoms with E-state index in [-0.39, 0.29) is 49.6 Å². The fourth-order valence-electron chi connectivity index (χ4n) is 9.01. The Morgan fingerprint density at radius 3 is 2.39 bits per heavy atom. The highest BCUT2D eigenvalue weighted by Gasteiger charge is 2.73. The number of cyclic esters (lactones) is 1. The predicted octanol–water partition coefficient (Wildman–Crippen LogP) is 2.32. The third-order valence-corrected chi connectivity index (χ3v) is 10.9. The molecule has 208 valence electrons. The van der Waals surface area contributed by atoms with E-state index in [1.165, 1.54) is 0 Å². The zero-order chi connectivity index (χ0) is 27.3. The van der Waals surface area contributed by atoms with Gasteiger partial charge in [0.25, 0.3) is 0 Å².